The highest BCUT2D eigenvalue weighted by Gasteiger charge is 2.66. The number of hydrogen-bond donors (Lipinski definition) is 0. The Labute approximate surface area is 169 Å². The van der Waals surface area contributed by atoms with E-state index in [1.807, 2.05) is 0 Å². The van der Waals surface area contributed by atoms with Crippen molar-refractivity contribution >= 4 is 46.4 Å². The Balaban J connectivity index is 1.60. The van der Waals surface area contributed by atoms with Crippen LogP contribution < -0.4 is 0 Å². The van der Waals surface area contributed by atoms with Gasteiger partial charge in [0.05, 0.1) is 31.8 Å². The molecule has 0 heterocycles. The zero-order valence-corrected chi connectivity index (χ0v) is 17.6. The minimum absolute atomic E-state index is 0.0993. The van der Waals surface area contributed by atoms with Crippen molar-refractivity contribution in [3.05, 3.63) is 31.2 Å². The maximum atomic E-state index is 6.64. The van der Waals surface area contributed by atoms with E-state index in [0.29, 0.717) is 61.7 Å². The van der Waals surface area contributed by atoms with Gasteiger partial charge in [-0.15, -0.1) is 0 Å². The molecule has 5 rings (SSSR count). The molecule has 3 fully saturated rings. The van der Waals surface area contributed by atoms with Gasteiger partial charge in [-0.1, -0.05) is 46.4 Å². The fraction of sp³-hybridized carbons (Fsp3) is 0.700. The molecule has 0 amide bonds. The van der Waals surface area contributed by atoms with Crippen molar-refractivity contribution < 1.29 is 4.74 Å². The molecular weight excluding hydrogens is 398 g/mol. The lowest BCUT2D eigenvalue weighted by molar-refractivity contribution is -0.0844. The first-order valence-electron chi connectivity index (χ1n) is 9.24. The van der Waals surface area contributed by atoms with Crippen molar-refractivity contribution in [2.24, 2.45) is 23.7 Å². The normalized spacial score (nSPS) is 40.7. The Bertz CT molecular complexity index is 713. The Morgan fingerprint density at radius 2 is 1.20 bits per heavy atom. The van der Waals surface area contributed by atoms with E-state index in [1.165, 1.54) is 24.0 Å². The second-order valence-corrected chi connectivity index (χ2v) is 10.8. The van der Waals surface area contributed by atoms with Crippen LogP contribution in [0.1, 0.15) is 63.0 Å². The topological polar surface area (TPSA) is 9.23 Å². The molecule has 3 unspecified atom stereocenters. The average Bonchev–Trinajstić information content (AvgIpc) is 3.26. The zero-order chi connectivity index (χ0) is 17.8. The number of hydrogen-bond acceptors (Lipinski definition) is 1. The molecule has 0 aromatic heterocycles. The van der Waals surface area contributed by atoms with E-state index < -0.39 is 0 Å². The van der Waals surface area contributed by atoms with E-state index in [0.717, 1.165) is 6.42 Å². The van der Waals surface area contributed by atoms with E-state index >= 15 is 0 Å². The molecule has 4 aliphatic carbocycles. The molecule has 136 valence electrons. The predicted octanol–water partition coefficient (Wildman–Crippen LogP) is 7.34. The van der Waals surface area contributed by atoms with Crippen LogP contribution in [-0.2, 0) is 4.74 Å². The first kappa shape index (κ1) is 17.4. The molecular formula is C20H22Cl4O. The molecule has 0 saturated heterocycles. The van der Waals surface area contributed by atoms with Crippen LogP contribution >= 0.6 is 46.4 Å². The van der Waals surface area contributed by atoms with Crippen LogP contribution in [-0.4, -0.2) is 11.7 Å². The smallest absolute Gasteiger partial charge is 0.0796 e. The molecule has 0 radical (unpaired) electrons. The quantitative estimate of drug-likeness (QED) is 0.262. The molecule has 4 bridgehead atoms. The molecule has 1 aromatic carbocycles. The molecule has 0 N–H and O–H groups in total. The second kappa shape index (κ2) is 5.45. The summed E-state index contributed by atoms with van der Waals surface area (Å²) in [6.07, 6.45) is 4.07. The monoisotopic (exact) mass is 418 g/mol. The third kappa shape index (κ3) is 2.20. The van der Waals surface area contributed by atoms with Gasteiger partial charge in [-0.25, -0.2) is 0 Å². The summed E-state index contributed by atoms with van der Waals surface area (Å²) in [6.45, 7) is 6.49. The van der Waals surface area contributed by atoms with E-state index in [-0.39, 0.29) is 5.60 Å². The number of ether oxygens (including phenoxy) is 1. The molecule has 0 spiro atoms. The number of benzene rings is 1. The fourth-order valence-corrected chi connectivity index (χ4v) is 7.90. The number of halogens is 4. The standard InChI is InChI=1S/C20H22Cl4O/c1-20(2,3)25-19-7-4-5-8(19)12-10-6-9(11(7)12)13-14(10)16(22)18(24)17(23)15(13)21/h7-12,19H,4-6H2,1-3H3/t7-,8+,9-,10+,11?,12?,19?. The van der Waals surface area contributed by atoms with Gasteiger partial charge in [0.2, 0.25) is 0 Å². The van der Waals surface area contributed by atoms with Crippen LogP contribution in [0.3, 0.4) is 0 Å². The summed E-state index contributed by atoms with van der Waals surface area (Å²) in [4.78, 5) is 0. The van der Waals surface area contributed by atoms with Crippen LogP contribution in [0.2, 0.25) is 20.1 Å². The summed E-state index contributed by atoms with van der Waals surface area (Å²) in [7, 11) is 0. The molecule has 5 heteroatoms. The summed E-state index contributed by atoms with van der Waals surface area (Å²) >= 11 is 26.0. The largest absolute Gasteiger partial charge is 0.372 e. The van der Waals surface area contributed by atoms with Crippen LogP contribution in [0.25, 0.3) is 0 Å². The van der Waals surface area contributed by atoms with E-state index in [4.69, 9.17) is 51.1 Å². The predicted molar refractivity (Wildman–Crippen MR) is 104 cm³/mol. The zero-order valence-electron chi connectivity index (χ0n) is 14.6. The van der Waals surface area contributed by atoms with Gasteiger partial charge in [-0.3, -0.25) is 0 Å². The average molecular weight is 420 g/mol. The fourth-order valence-electron chi connectivity index (χ4n) is 6.74. The third-order valence-corrected chi connectivity index (χ3v) is 8.95. The van der Waals surface area contributed by atoms with Gasteiger partial charge >= 0.3 is 0 Å². The van der Waals surface area contributed by atoms with Crippen LogP contribution in [0.4, 0.5) is 0 Å². The van der Waals surface area contributed by atoms with Crippen LogP contribution in [0.5, 0.6) is 0 Å². The van der Waals surface area contributed by atoms with Gasteiger partial charge in [0.25, 0.3) is 0 Å². The lowest BCUT2D eigenvalue weighted by Crippen LogP contribution is -2.32. The highest BCUT2D eigenvalue weighted by Crippen LogP contribution is 2.74. The lowest BCUT2D eigenvalue weighted by atomic mass is 9.69. The summed E-state index contributed by atoms with van der Waals surface area (Å²) in [5.41, 5.74) is 2.28. The summed E-state index contributed by atoms with van der Waals surface area (Å²) in [5.74, 6) is 3.53. The van der Waals surface area contributed by atoms with Crippen molar-refractivity contribution in [3.8, 4) is 0 Å². The maximum Gasteiger partial charge on any atom is 0.0796 e. The number of rotatable bonds is 1. The SMILES string of the molecule is CC(C)(C)OC1[C@H]2CC[C@@H]1C1C2[C@@H]2C[C@H]1c1c(Cl)c(Cl)c(Cl)c(Cl)c12. The molecule has 25 heavy (non-hydrogen) atoms. The first-order chi connectivity index (χ1) is 11.7. The molecule has 1 aromatic rings. The summed E-state index contributed by atoms with van der Waals surface area (Å²) in [6, 6.07) is 0. The summed E-state index contributed by atoms with van der Waals surface area (Å²) < 4.78 is 6.54. The van der Waals surface area contributed by atoms with Crippen molar-refractivity contribution in [1.82, 2.24) is 0 Å². The minimum atomic E-state index is -0.0993. The van der Waals surface area contributed by atoms with Crippen molar-refractivity contribution in [3.63, 3.8) is 0 Å². The van der Waals surface area contributed by atoms with Crippen LogP contribution in [0, 0.1) is 23.7 Å². The molecule has 0 aliphatic heterocycles. The highest BCUT2D eigenvalue weighted by molar-refractivity contribution is 6.52. The Morgan fingerprint density at radius 1 is 0.760 bits per heavy atom. The van der Waals surface area contributed by atoms with E-state index in [2.05, 4.69) is 20.8 Å². The Hall–Kier alpha value is 0.340. The van der Waals surface area contributed by atoms with Gasteiger partial charge < -0.3 is 4.74 Å². The Morgan fingerprint density at radius 3 is 1.60 bits per heavy atom. The van der Waals surface area contributed by atoms with Crippen molar-refractivity contribution in [2.75, 3.05) is 0 Å². The summed E-state index contributed by atoms with van der Waals surface area (Å²) in [5, 5.41) is 2.10. The number of fused-ring (bicyclic) bond motifs is 12. The Kier molecular flexibility index (Phi) is 3.80. The first-order valence-corrected chi connectivity index (χ1v) is 10.8. The molecule has 7 atom stereocenters. The van der Waals surface area contributed by atoms with Gasteiger partial charge in [0.1, 0.15) is 0 Å². The molecule has 4 aliphatic rings. The van der Waals surface area contributed by atoms with Crippen LogP contribution in [0.15, 0.2) is 0 Å². The van der Waals surface area contributed by atoms with Gasteiger partial charge in [-0.2, -0.15) is 0 Å². The van der Waals surface area contributed by atoms with Gasteiger partial charge in [0.15, 0.2) is 0 Å². The van der Waals surface area contributed by atoms with Crippen molar-refractivity contribution in [1.29, 1.82) is 0 Å². The van der Waals surface area contributed by atoms with E-state index in [1.54, 1.807) is 0 Å². The van der Waals surface area contributed by atoms with Gasteiger partial charge in [-0.05, 0) is 86.7 Å². The lowest BCUT2D eigenvalue weighted by Gasteiger charge is -2.36. The molecule has 3 saturated carbocycles. The maximum absolute atomic E-state index is 6.64. The highest BCUT2D eigenvalue weighted by atomic mass is 35.5. The minimum Gasteiger partial charge on any atom is -0.372 e. The van der Waals surface area contributed by atoms with E-state index in [9.17, 15) is 0 Å². The second-order valence-electron chi connectivity index (χ2n) is 9.29. The molecule has 1 nitrogen and oxygen atoms in total. The van der Waals surface area contributed by atoms with Gasteiger partial charge in [0, 0.05) is 0 Å². The van der Waals surface area contributed by atoms with Crippen molar-refractivity contribution in [2.45, 2.75) is 63.6 Å². The third-order valence-electron chi connectivity index (χ3n) is 7.12.